The van der Waals surface area contributed by atoms with E-state index in [4.69, 9.17) is 4.74 Å². The van der Waals surface area contributed by atoms with E-state index in [0.29, 0.717) is 0 Å². The Bertz CT molecular complexity index is 282. The maximum atomic E-state index is 5.39. The predicted molar refractivity (Wildman–Crippen MR) is 55.7 cm³/mol. The van der Waals surface area contributed by atoms with Gasteiger partial charge in [0.1, 0.15) is 0 Å². The summed E-state index contributed by atoms with van der Waals surface area (Å²) in [5, 5.41) is 0. The average Bonchev–Trinajstić information content (AvgIpc) is 2.19. The zero-order valence-corrected chi connectivity index (χ0v) is 15.6. The molecule has 2 rings (SSSR count). The second-order valence-corrected chi connectivity index (χ2v) is 3.64. The topological polar surface area (TPSA) is 12.5 Å². The summed E-state index contributed by atoms with van der Waals surface area (Å²) in [7, 11) is 0. The number of morpholine rings is 1. The fraction of sp³-hybridized carbons (Fsp3) is 0.417. The molecule has 1 aromatic carbocycles. The van der Waals surface area contributed by atoms with Crippen LogP contribution in [-0.4, -0.2) is 30.7 Å². The molecule has 1 aromatic rings. The number of ether oxygens (including phenoxy) is 1. The third kappa shape index (κ3) is 6.18. The van der Waals surface area contributed by atoms with Crippen molar-refractivity contribution in [2.45, 2.75) is 12.6 Å². The minimum absolute atomic E-state index is 0. The van der Waals surface area contributed by atoms with E-state index in [9.17, 15) is 0 Å². The van der Waals surface area contributed by atoms with Crippen LogP contribution in [0.1, 0.15) is 5.56 Å². The molecule has 0 N–H and O–H groups in total. The van der Waals surface area contributed by atoms with E-state index in [0.717, 1.165) is 26.2 Å². The van der Waals surface area contributed by atoms with Crippen LogP contribution in [0.4, 0.5) is 0 Å². The molecule has 1 atom stereocenters. The monoisotopic (exact) mass is 469 g/mol. The molecule has 0 saturated carbocycles. The third-order valence-electron chi connectivity index (χ3n) is 2.42. The molecule has 0 aliphatic carbocycles. The van der Waals surface area contributed by atoms with Crippen LogP contribution in [0, 0.1) is 96.5 Å². The second-order valence-electron chi connectivity index (χ2n) is 3.64. The fourth-order valence-electron chi connectivity index (χ4n) is 1.71. The van der Waals surface area contributed by atoms with Crippen LogP contribution in [0.25, 0.3) is 0 Å². The van der Waals surface area contributed by atoms with Gasteiger partial charge in [0.2, 0.25) is 0 Å². The first kappa shape index (κ1) is 17.9. The first-order chi connectivity index (χ1) is 6.84. The molecule has 0 spiro atoms. The summed E-state index contributed by atoms with van der Waals surface area (Å²) in [5.74, 6) is 0. The molecule has 1 heterocycles. The fourth-order valence-corrected chi connectivity index (χ4v) is 1.71. The van der Waals surface area contributed by atoms with Crippen LogP contribution in [0.2, 0.25) is 0 Å². The van der Waals surface area contributed by atoms with Crippen LogP contribution in [0.15, 0.2) is 24.3 Å². The predicted octanol–water partition coefficient (Wildman–Crippen LogP) is 1.52. The molecule has 2 nitrogen and oxygen atoms in total. The molecular weight excluding hydrogens is 454 g/mol. The summed E-state index contributed by atoms with van der Waals surface area (Å²) in [6.07, 6.45) is 0.124. The second kappa shape index (κ2) is 9.78. The van der Waals surface area contributed by atoms with E-state index < -0.39 is 0 Å². The first-order valence-corrected chi connectivity index (χ1v) is 4.96. The quantitative estimate of drug-likeness (QED) is 0.610. The number of hydrogen-bond acceptors (Lipinski definition) is 2. The van der Waals surface area contributed by atoms with Crippen molar-refractivity contribution in [2.24, 2.45) is 0 Å². The van der Waals surface area contributed by atoms with Crippen LogP contribution >= 0.6 is 0 Å². The molecule has 4 heteroatoms. The average molecular weight is 469 g/mol. The maximum absolute atomic E-state index is 5.39. The SMILES string of the molecule is [CH2-]C1CN(Cc2cc[c-]cc2)CCO1.[Ce].[Ce]. The van der Waals surface area contributed by atoms with Gasteiger partial charge in [-0.1, -0.05) is 6.10 Å². The normalized spacial score (nSPS) is 20.7. The first-order valence-electron chi connectivity index (χ1n) is 4.96. The van der Waals surface area contributed by atoms with E-state index in [1.54, 1.807) is 0 Å². The molecule has 0 amide bonds. The van der Waals surface area contributed by atoms with Crippen molar-refractivity contribution in [1.82, 2.24) is 4.90 Å². The number of hydrogen-bond donors (Lipinski definition) is 0. The Kier molecular flexibility index (Phi) is 10.9. The zero-order valence-electron chi connectivity index (χ0n) is 9.28. The maximum Gasteiger partial charge on any atom is 0.0562 e. The van der Waals surface area contributed by atoms with Gasteiger partial charge in [0.05, 0.1) is 6.61 Å². The van der Waals surface area contributed by atoms with Crippen LogP contribution in [0.5, 0.6) is 0 Å². The zero-order chi connectivity index (χ0) is 9.80. The van der Waals surface area contributed by atoms with E-state index in [1.165, 1.54) is 5.56 Å². The van der Waals surface area contributed by atoms with Gasteiger partial charge in [0.15, 0.2) is 0 Å². The Morgan fingerprint density at radius 2 is 2.06 bits per heavy atom. The third-order valence-corrected chi connectivity index (χ3v) is 2.42. The molecular formula is C12H15Ce2NO-2. The summed E-state index contributed by atoms with van der Waals surface area (Å²) in [6.45, 7) is 7.64. The number of benzene rings is 1. The summed E-state index contributed by atoms with van der Waals surface area (Å²) >= 11 is 0. The van der Waals surface area contributed by atoms with Gasteiger partial charge in [-0.25, -0.2) is 0 Å². The molecule has 1 aliphatic rings. The van der Waals surface area contributed by atoms with Gasteiger partial charge in [0.25, 0.3) is 0 Å². The largest absolute Gasteiger partial charge is 0.408 e. The number of rotatable bonds is 2. The van der Waals surface area contributed by atoms with Gasteiger partial charge in [-0.05, 0) is 6.54 Å². The van der Waals surface area contributed by atoms with Gasteiger partial charge in [-0.2, -0.15) is 30.3 Å². The van der Waals surface area contributed by atoms with Crippen molar-refractivity contribution in [1.29, 1.82) is 0 Å². The van der Waals surface area contributed by atoms with Gasteiger partial charge in [-0.3, -0.25) is 4.90 Å². The van der Waals surface area contributed by atoms with Crippen molar-refractivity contribution in [2.75, 3.05) is 19.7 Å². The molecule has 1 fully saturated rings. The Balaban J connectivity index is 0.00000112. The van der Waals surface area contributed by atoms with Gasteiger partial charge in [0, 0.05) is 96.6 Å². The van der Waals surface area contributed by atoms with Gasteiger partial charge in [-0.15, -0.1) is 5.56 Å². The van der Waals surface area contributed by atoms with Crippen LogP contribution in [-0.2, 0) is 11.3 Å². The molecule has 0 aromatic heterocycles. The van der Waals surface area contributed by atoms with Crippen molar-refractivity contribution < 1.29 is 88.2 Å². The van der Waals surface area contributed by atoms with Crippen molar-refractivity contribution in [3.63, 3.8) is 0 Å². The number of nitrogens with zero attached hydrogens (tertiary/aromatic N) is 1. The summed E-state index contributed by atoms with van der Waals surface area (Å²) < 4.78 is 5.39. The standard InChI is InChI=1S/C12H15NO.2Ce/c1-11-9-13(7-8-14-11)10-12-5-3-2-4-6-12;;/h3-6,11H,1,7-10H2;;/q-2;;. The van der Waals surface area contributed by atoms with Crippen molar-refractivity contribution in [3.05, 3.63) is 42.8 Å². The molecule has 84 valence electrons. The summed E-state index contributed by atoms with van der Waals surface area (Å²) in [5.41, 5.74) is 1.33. The van der Waals surface area contributed by atoms with Crippen LogP contribution in [0.3, 0.4) is 0 Å². The molecule has 0 radical (unpaired) electrons. The minimum atomic E-state index is 0. The molecule has 0 bridgehead atoms. The Morgan fingerprint density at radius 1 is 1.38 bits per heavy atom. The Labute approximate surface area is 165 Å². The van der Waals surface area contributed by atoms with E-state index in [1.807, 2.05) is 12.1 Å². The van der Waals surface area contributed by atoms with E-state index >= 15 is 0 Å². The Hall–Kier alpha value is 1.89. The van der Waals surface area contributed by atoms with E-state index in [2.05, 4.69) is 30.0 Å². The van der Waals surface area contributed by atoms with Crippen molar-refractivity contribution in [3.8, 4) is 0 Å². The smallest absolute Gasteiger partial charge is 0.0562 e. The molecule has 1 aliphatic heterocycles. The molecule has 1 saturated heterocycles. The molecule has 1 unspecified atom stereocenters. The van der Waals surface area contributed by atoms with Crippen LogP contribution < -0.4 is 0 Å². The molecule has 16 heavy (non-hydrogen) atoms. The van der Waals surface area contributed by atoms with Crippen molar-refractivity contribution >= 4 is 0 Å². The van der Waals surface area contributed by atoms with Gasteiger partial charge >= 0.3 is 0 Å². The Morgan fingerprint density at radius 3 is 2.69 bits per heavy atom. The summed E-state index contributed by atoms with van der Waals surface area (Å²) in [4.78, 5) is 2.37. The van der Waals surface area contributed by atoms with Gasteiger partial charge < -0.3 is 11.7 Å². The van der Waals surface area contributed by atoms with E-state index in [-0.39, 0.29) is 89.6 Å². The summed E-state index contributed by atoms with van der Waals surface area (Å²) in [6, 6.07) is 11.1. The minimum Gasteiger partial charge on any atom is -0.408 e.